The summed E-state index contributed by atoms with van der Waals surface area (Å²) < 4.78 is 45.5. The topological polar surface area (TPSA) is 179 Å². The fourth-order valence-corrected chi connectivity index (χ4v) is 10.1. The summed E-state index contributed by atoms with van der Waals surface area (Å²) in [6, 6.07) is 25.3. The number of ether oxygens (including phenoxy) is 3. The van der Waals surface area contributed by atoms with Crippen LogP contribution in [0.5, 0.6) is 11.5 Å². The van der Waals surface area contributed by atoms with E-state index in [-0.39, 0.29) is 40.6 Å². The highest BCUT2D eigenvalue weighted by molar-refractivity contribution is 8.00. The Morgan fingerprint density at radius 2 is 1.52 bits per heavy atom. The molecule has 3 aromatic carbocycles. The molecule has 0 radical (unpaired) electrons. The van der Waals surface area contributed by atoms with E-state index in [4.69, 9.17) is 23.2 Å². The molecule has 1 fully saturated rings. The van der Waals surface area contributed by atoms with Crippen molar-refractivity contribution in [2.45, 2.75) is 81.2 Å². The summed E-state index contributed by atoms with van der Waals surface area (Å²) in [6.07, 6.45) is -0.472. The van der Waals surface area contributed by atoms with Gasteiger partial charge in [0.15, 0.2) is 25.6 Å². The molecule has 14 nitrogen and oxygen atoms in total. The van der Waals surface area contributed by atoms with Gasteiger partial charge in [-0.1, -0.05) is 89.2 Å². The Kier molecular flexibility index (Phi) is 13.0. The first-order valence-electron chi connectivity index (χ1n) is 18.9. The molecule has 1 amide bonds. The van der Waals surface area contributed by atoms with E-state index in [1.165, 1.54) is 18.1 Å². The molecule has 0 spiro atoms. The standard InChI is InChI=1S/C41H50N5O9PSSi/c1-25(2)36(47)44-39-43-35-32(37(48)45-39)42-24-46(35)38-34(54-56(49)50)33(55-58(8,9)40(3,4)5)31(57-38)23-53-41(26-13-11-10-12-14-26,27-15-19-29(51-6)20-16-27)28-17-21-30(52-7)22-18-28/h10-22,24-25,31,33-34,38H,23H2,1-9H3,(H2,43,44,45,47,48)/t31-,33-,34-,38-/m1/s1. The van der Waals surface area contributed by atoms with Crippen LogP contribution in [0.1, 0.15) is 56.7 Å². The van der Waals surface area contributed by atoms with Crippen LogP contribution < -0.4 is 25.2 Å². The van der Waals surface area contributed by atoms with E-state index in [0.29, 0.717) is 11.5 Å². The summed E-state index contributed by atoms with van der Waals surface area (Å²) >= 11 is 1.38. The lowest BCUT2D eigenvalue weighted by molar-refractivity contribution is -0.192. The van der Waals surface area contributed by atoms with E-state index < -0.39 is 50.6 Å². The predicted molar refractivity (Wildman–Crippen MR) is 225 cm³/mol. The van der Waals surface area contributed by atoms with Crippen molar-refractivity contribution in [3.8, 4) is 11.5 Å². The first-order chi connectivity index (χ1) is 27.5. The molecule has 1 aliphatic heterocycles. The number of hydrogen-bond donors (Lipinski definition) is 2. The quantitative estimate of drug-likeness (QED) is 0.0619. The van der Waals surface area contributed by atoms with Gasteiger partial charge in [-0.25, -0.2) is 4.98 Å². The molecule has 2 N–H and O–H groups in total. The third-order valence-corrected chi connectivity index (χ3v) is 17.3. The van der Waals surface area contributed by atoms with E-state index in [1.54, 1.807) is 32.6 Å². The van der Waals surface area contributed by atoms with Crippen molar-refractivity contribution in [3.63, 3.8) is 0 Å². The number of imidazole rings is 1. The molecule has 0 saturated carbocycles. The zero-order chi connectivity index (χ0) is 42.0. The second-order valence-electron chi connectivity index (χ2n) is 15.9. The predicted octanol–water partition coefficient (Wildman–Crippen LogP) is 7.15. The number of amides is 1. The zero-order valence-electron chi connectivity index (χ0n) is 34.0. The van der Waals surface area contributed by atoms with Gasteiger partial charge in [0.1, 0.15) is 22.5 Å². The summed E-state index contributed by atoms with van der Waals surface area (Å²) in [7, 11) is -2.77. The Morgan fingerprint density at radius 3 is 2.03 bits per heavy atom. The van der Waals surface area contributed by atoms with Gasteiger partial charge in [0.2, 0.25) is 11.9 Å². The lowest BCUT2D eigenvalue weighted by Gasteiger charge is -2.41. The van der Waals surface area contributed by atoms with Crippen LogP contribution in [0.4, 0.5) is 5.95 Å². The average molecular weight is 848 g/mol. The number of thioether (sulfide) groups is 1. The number of hydrogen-bond acceptors (Lipinski definition) is 12. The molecule has 0 bridgehead atoms. The Balaban J connectivity index is 1.51. The molecule has 308 valence electrons. The molecule has 5 aromatic rings. The number of anilines is 1. The zero-order valence-corrected chi connectivity index (χ0v) is 36.8. The molecular formula is C41H50N5O9PSSi. The number of H-pyrrole nitrogens is 1. The Labute approximate surface area is 344 Å². The Hall–Kier alpha value is -4.41. The fraction of sp³-hybridized carbons (Fsp3) is 0.415. The highest BCUT2D eigenvalue weighted by Crippen LogP contribution is 2.52. The molecular weight excluding hydrogens is 798 g/mol. The number of carbonyl (C=O) groups is 1. The van der Waals surface area contributed by atoms with Crippen LogP contribution in [0.15, 0.2) is 90.0 Å². The third-order valence-electron chi connectivity index (χ3n) is 10.8. The molecule has 0 aliphatic carbocycles. The van der Waals surface area contributed by atoms with E-state index in [2.05, 4.69) is 54.1 Å². The fourth-order valence-electron chi connectivity index (χ4n) is 6.65. The lowest BCUT2D eigenvalue weighted by Crippen LogP contribution is -2.50. The van der Waals surface area contributed by atoms with Gasteiger partial charge in [0, 0.05) is 5.92 Å². The van der Waals surface area contributed by atoms with Gasteiger partial charge in [-0.15, -0.1) is 16.3 Å². The van der Waals surface area contributed by atoms with Gasteiger partial charge < -0.3 is 23.5 Å². The first kappa shape index (κ1) is 43.2. The number of aromatic nitrogens is 4. The maximum Gasteiger partial charge on any atom is 0.488 e. The van der Waals surface area contributed by atoms with E-state index in [0.717, 1.165) is 16.7 Å². The molecule has 5 atom stereocenters. The summed E-state index contributed by atoms with van der Waals surface area (Å²) in [5, 5.41) is 1.06. The highest BCUT2D eigenvalue weighted by atomic mass is 32.2. The maximum atomic E-state index is 13.3. The minimum absolute atomic E-state index is 0.0112. The van der Waals surface area contributed by atoms with Crippen LogP contribution >= 0.6 is 20.0 Å². The van der Waals surface area contributed by atoms with Gasteiger partial charge in [0.25, 0.3) is 5.56 Å². The van der Waals surface area contributed by atoms with E-state index in [1.807, 2.05) is 78.9 Å². The minimum Gasteiger partial charge on any atom is -0.566 e. The number of nitrogens with one attached hydrogen (secondary N) is 2. The lowest BCUT2D eigenvalue weighted by atomic mass is 9.80. The molecule has 1 unspecified atom stereocenters. The molecule has 1 saturated heterocycles. The van der Waals surface area contributed by atoms with E-state index in [9.17, 15) is 19.0 Å². The summed E-state index contributed by atoms with van der Waals surface area (Å²) in [5.74, 6) is 0.570. The van der Waals surface area contributed by atoms with Gasteiger partial charge in [-0.3, -0.25) is 24.5 Å². The van der Waals surface area contributed by atoms with Crippen LogP contribution in [0.3, 0.4) is 0 Å². The molecule has 6 rings (SSSR count). The normalized spacial score (nSPS) is 19.1. The highest BCUT2D eigenvalue weighted by Gasteiger charge is 2.54. The average Bonchev–Trinajstić information content (AvgIpc) is 3.76. The molecule has 58 heavy (non-hydrogen) atoms. The van der Waals surface area contributed by atoms with Crippen molar-refractivity contribution in [1.29, 1.82) is 0 Å². The van der Waals surface area contributed by atoms with Crippen molar-refractivity contribution < 1.29 is 37.4 Å². The number of benzene rings is 3. The van der Waals surface area contributed by atoms with Crippen LogP contribution in [0.2, 0.25) is 18.1 Å². The second-order valence-corrected chi connectivity index (χ2v) is 22.7. The second kappa shape index (κ2) is 17.4. The minimum atomic E-state index is -3.38. The van der Waals surface area contributed by atoms with Crippen LogP contribution in [-0.2, 0) is 28.6 Å². The van der Waals surface area contributed by atoms with Crippen LogP contribution in [0.25, 0.3) is 11.2 Å². The van der Waals surface area contributed by atoms with Crippen molar-refractivity contribution in [2.24, 2.45) is 5.92 Å². The van der Waals surface area contributed by atoms with Crippen molar-refractivity contribution in [2.75, 3.05) is 26.1 Å². The van der Waals surface area contributed by atoms with Gasteiger partial charge in [0.05, 0.1) is 38.5 Å². The van der Waals surface area contributed by atoms with E-state index >= 15 is 0 Å². The maximum absolute atomic E-state index is 13.3. The Morgan fingerprint density at radius 1 is 0.948 bits per heavy atom. The van der Waals surface area contributed by atoms with Gasteiger partial charge in [-0.2, -0.15) is 4.98 Å². The first-order valence-corrected chi connectivity index (χ1v) is 23.8. The smallest absolute Gasteiger partial charge is 0.488 e. The Bertz CT molecular complexity index is 2230. The van der Waals surface area contributed by atoms with Gasteiger partial charge >= 0.3 is 8.25 Å². The number of carbonyl (C=O) groups excluding carboxylic acids is 1. The van der Waals surface area contributed by atoms with Crippen molar-refractivity contribution in [3.05, 3.63) is 112 Å². The number of fused-ring (bicyclic) bond motifs is 1. The summed E-state index contributed by atoms with van der Waals surface area (Å²) in [6.45, 7) is 14.0. The molecule has 17 heteroatoms. The number of nitrogens with zero attached hydrogens (tertiary/aromatic N) is 3. The van der Waals surface area contributed by atoms with Crippen molar-refractivity contribution in [1.82, 2.24) is 19.5 Å². The monoisotopic (exact) mass is 847 g/mol. The summed E-state index contributed by atoms with van der Waals surface area (Å²) in [4.78, 5) is 50.0. The van der Waals surface area contributed by atoms with Gasteiger partial charge in [-0.05, 0) is 63.7 Å². The largest absolute Gasteiger partial charge is 0.566 e. The molecule has 1 aliphatic rings. The van der Waals surface area contributed by atoms with Crippen molar-refractivity contribution >= 4 is 51.4 Å². The number of methoxy groups -OCH3 is 2. The summed E-state index contributed by atoms with van der Waals surface area (Å²) in [5.41, 5.74) is 0.888. The SMILES string of the molecule is COc1ccc(C(OC[C@H]2S[C@@H](n3cnc4c(=O)[nH]c(NC(=O)C(C)C)nc43)[C@H](O[P+](=O)[O-])[C@@H]2O[Si](C)(C)C(C)(C)C)(c2ccccc2)c2ccc(OC)cc2)cc1. The molecule has 2 aromatic heterocycles. The number of aromatic amines is 1. The van der Waals surface area contributed by atoms with Crippen LogP contribution in [0, 0.1) is 5.92 Å². The molecule has 3 heterocycles. The van der Waals surface area contributed by atoms with Crippen LogP contribution in [-0.4, -0.2) is 72.0 Å². The number of rotatable bonds is 15. The third kappa shape index (κ3) is 8.78.